The number of aromatic nitrogens is 2. The van der Waals surface area contributed by atoms with Crippen LogP contribution in [0.5, 0.6) is 0 Å². The van der Waals surface area contributed by atoms with Crippen LogP contribution in [0.1, 0.15) is 22.3 Å². The van der Waals surface area contributed by atoms with E-state index in [9.17, 15) is 14.7 Å². The van der Waals surface area contributed by atoms with Crippen LogP contribution in [-0.4, -0.2) is 57.8 Å². The highest BCUT2D eigenvalue weighted by molar-refractivity contribution is 5.92. The maximum Gasteiger partial charge on any atom is 0.277 e. The first-order chi connectivity index (χ1) is 13.0. The van der Waals surface area contributed by atoms with E-state index >= 15 is 0 Å². The van der Waals surface area contributed by atoms with E-state index in [1.807, 2.05) is 35.2 Å². The lowest BCUT2D eigenvalue weighted by molar-refractivity contribution is -0.886. The van der Waals surface area contributed by atoms with Crippen LogP contribution in [0, 0.1) is 0 Å². The Kier molecular flexibility index (Phi) is 5.63. The molecule has 1 saturated heterocycles. The Hall–Kier alpha value is -3.04. The summed E-state index contributed by atoms with van der Waals surface area (Å²) in [5, 5.41) is 20.6. The number of hydrogen-bond donors (Lipinski definition) is 2. The zero-order valence-corrected chi connectivity index (χ0v) is 14.7. The number of quaternary nitrogens is 1. The molecule has 3 rings (SSSR count). The third kappa shape index (κ3) is 4.21. The van der Waals surface area contributed by atoms with Crippen molar-refractivity contribution in [2.75, 3.05) is 31.1 Å². The zero-order chi connectivity index (χ0) is 19.3. The fourth-order valence-corrected chi connectivity index (χ4v) is 3.30. The molecule has 1 fully saturated rings. The van der Waals surface area contributed by atoms with Gasteiger partial charge >= 0.3 is 0 Å². The molecule has 2 heterocycles. The molecule has 9 heteroatoms. The third-order valence-electron chi connectivity index (χ3n) is 4.81. The van der Waals surface area contributed by atoms with Crippen LogP contribution in [-0.2, 0) is 6.54 Å². The van der Waals surface area contributed by atoms with Crippen molar-refractivity contribution in [1.82, 2.24) is 15.4 Å². The Balaban J connectivity index is 1.75. The molecule has 9 nitrogen and oxygen atoms in total. The lowest BCUT2D eigenvalue weighted by atomic mass is 10.2. The zero-order valence-electron chi connectivity index (χ0n) is 14.7. The van der Waals surface area contributed by atoms with Crippen molar-refractivity contribution in [3.8, 4) is 0 Å². The summed E-state index contributed by atoms with van der Waals surface area (Å²) in [5.41, 5.74) is 2.62. The van der Waals surface area contributed by atoms with Gasteiger partial charge in [0.25, 0.3) is 12.0 Å². The maximum atomic E-state index is 12.0. The first kappa shape index (κ1) is 18.7. The SMILES string of the molecule is O=C(NO)c1cnc(N2CCC[N+](Cc3ccccc3)(C(=O)[O-])CC2)nc1. The standard InChI is InChI=1S/C18H21N5O4/c24-16(21-27)15-11-19-17(20-12-15)22-7-4-9-23(10-8-22,18(25)26)13-14-5-2-1-3-6-14/h1-3,5-6,11-12H,4,7-10,13H2,(H2-,21,24,25,26,27). The molecular weight excluding hydrogens is 350 g/mol. The van der Waals surface area contributed by atoms with Gasteiger partial charge in [0, 0.05) is 30.9 Å². The summed E-state index contributed by atoms with van der Waals surface area (Å²) in [4.78, 5) is 33.6. The summed E-state index contributed by atoms with van der Waals surface area (Å²) in [7, 11) is 0. The van der Waals surface area contributed by atoms with Crippen molar-refractivity contribution < 1.29 is 24.4 Å². The van der Waals surface area contributed by atoms with Crippen LogP contribution >= 0.6 is 0 Å². The molecule has 0 spiro atoms. The first-order valence-electron chi connectivity index (χ1n) is 8.67. The fourth-order valence-electron chi connectivity index (χ4n) is 3.30. The highest BCUT2D eigenvalue weighted by atomic mass is 16.5. The second-order valence-electron chi connectivity index (χ2n) is 6.56. The number of carbonyl (C=O) groups is 2. The van der Waals surface area contributed by atoms with Gasteiger partial charge in [0.15, 0.2) is 0 Å². The molecule has 142 valence electrons. The second kappa shape index (κ2) is 8.11. The minimum atomic E-state index is -1.09. The van der Waals surface area contributed by atoms with E-state index in [0.717, 1.165) is 5.56 Å². The van der Waals surface area contributed by atoms with Gasteiger partial charge in [-0.2, -0.15) is 0 Å². The van der Waals surface area contributed by atoms with Gasteiger partial charge < -0.3 is 14.8 Å². The summed E-state index contributed by atoms with van der Waals surface area (Å²) in [6.07, 6.45) is 2.20. The average Bonchev–Trinajstić information content (AvgIpc) is 2.92. The van der Waals surface area contributed by atoms with Crippen molar-refractivity contribution in [2.24, 2.45) is 0 Å². The average molecular weight is 371 g/mol. The van der Waals surface area contributed by atoms with E-state index in [2.05, 4.69) is 9.97 Å². The smallest absolute Gasteiger partial charge is 0.277 e. The number of carboxylic acid groups (broad SMARTS) is 1. The highest BCUT2D eigenvalue weighted by Gasteiger charge is 2.34. The van der Waals surface area contributed by atoms with Gasteiger partial charge in [-0.05, 0) is 0 Å². The molecule has 0 radical (unpaired) electrons. The lowest BCUT2D eigenvalue weighted by Crippen LogP contribution is -2.59. The molecule has 1 aromatic heterocycles. The van der Waals surface area contributed by atoms with Gasteiger partial charge in [0.2, 0.25) is 5.95 Å². The Morgan fingerprint density at radius 2 is 1.85 bits per heavy atom. The number of carbonyl (C=O) groups excluding carboxylic acids is 2. The van der Waals surface area contributed by atoms with E-state index in [1.54, 1.807) is 0 Å². The molecule has 0 bridgehead atoms. The van der Waals surface area contributed by atoms with Crippen LogP contribution in [0.15, 0.2) is 42.7 Å². The van der Waals surface area contributed by atoms with Gasteiger partial charge in [-0.3, -0.25) is 14.5 Å². The summed E-state index contributed by atoms with van der Waals surface area (Å²) >= 11 is 0. The number of benzene rings is 1. The molecular formula is C18H21N5O4. The molecule has 2 N–H and O–H groups in total. The van der Waals surface area contributed by atoms with Gasteiger partial charge in [0.1, 0.15) is 13.1 Å². The number of nitrogens with one attached hydrogen (secondary N) is 1. The highest BCUT2D eigenvalue weighted by Crippen LogP contribution is 2.20. The molecule has 1 aromatic carbocycles. The molecule has 2 aromatic rings. The molecule has 0 aliphatic carbocycles. The normalized spacial score (nSPS) is 20.0. The predicted octanol–water partition coefficient (Wildman–Crippen LogP) is 0.166. The molecule has 0 saturated carbocycles. The molecule has 1 unspecified atom stereocenters. The van der Waals surface area contributed by atoms with Crippen LogP contribution in [0.25, 0.3) is 0 Å². The lowest BCUT2D eigenvalue weighted by Gasteiger charge is -2.37. The van der Waals surface area contributed by atoms with E-state index in [4.69, 9.17) is 5.21 Å². The number of rotatable bonds is 4. The summed E-state index contributed by atoms with van der Waals surface area (Å²) in [5.74, 6) is -0.268. The van der Waals surface area contributed by atoms with E-state index in [1.165, 1.54) is 17.9 Å². The molecule has 2 amide bonds. The Bertz CT molecular complexity index is 799. The van der Waals surface area contributed by atoms with E-state index in [-0.39, 0.29) is 10.0 Å². The number of hydrogen-bond acceptors (Lipinski definition) is 7. The Morgan fingerprint density at radius 3 is 2.48 bits per heavy atom. The molecule has 1 atom stereocenters. The van der Waals surface area contributed by atoms with Gasteiger partial charge in [-0.15, -0.1) is 0 Å². The van der Waals surface area contributed by atoms with Crippen LogP contribution < -0.4 is 15.5 Å². The quantitative estimate of drug-likeness (QED) is 0.447. The van der Waals surface area contributed by atoms with Crippen molar-refractivity contribution in [3.05, 3.63) is 53.9 Å². The van der Waals surface area contributed by atoms with E-state index < -0.39 is 12.0 Å². The van der Waals surface area contributed by atoms with Gasteiger partial charge in [-0.1, -0.05) is 30.3 Å². The molecule has 1 aliphatic heterocycles. The minimum absolute atomic E-state index is 0.139. The first-order valence-corrected chi connectivity index (χ1v) is 8.67. The Morgan fingerprint density at radius 1 is 1.15 bits per heavy atom. The van der Waals surface area contributed by atoms with Crippen molar-refractivity contribution in [3.63, 3.8) is 0 Å². The second-order valence-corrected chi connectivity index (χ2v) is 6.56. The predicted molar refractivity (Wildman–Crippen MR) is 93.7 cm³/mol. The van der Waals surface area contributed by atoms with Crippen LogP contribution in [0.4, 0.5) is 10.7 Å². The number of nitrogens with zero attached hydrogens (tertiary/aromatic N) is 4. The number of hydroxylamine groups is 1. The summed E-state index contributed by atoms with van der Waals surface area (Å²) in [6, 6.07) is 9.51. The van der Waals surface area contributed by atoms with E-state index in [0.29, 0.717) is 45.1 Å². The molecule has 27 heavy (non-hydrogen) atoms. The van der Waals surface area contributed by atoms with Crippen molar-refractivity contribution in [2.45, 2.75) is 13.0 Å². The summed E-state index contributed by atoms with van der Waals surface area (Å²) < 4.78 is -0.147. The third-order valence-corrected chi connectivity index (χ3v) is 4.81. The largest absolute Gasteiger partial charge is 0.498 e. The Labute approximate surface area is 156 Å². The number of anilines is 1. The van der Waals surface area contributed by atoms with Crippen LogP contribution in [0.2, 0.25) is 0 Å². The molecule has 1 aliphatic rings. The monoisotopic (exact) mass is 371 g/mol. The van der Waals surface area contributed by atoms with Gasteiger partial charge in [0.05, 0.1) is 18.7 Å². The van der Waals surface area contributed by atoms with Crippen molar-refractivity contribution in [1.29, 1.82) is 0 Å². The minimum Gasteiger partial charge on any atom is -0.498 e. The fraction of sp³-hybridized carbons (Fsp3) is 0.333. The van der Waals surface area contributed by atoms with Gasteiger partial charge in [-0.25, -0.2) is 15.4 Å². The summed E-state index contributed by atoms with van der Waals surface area (Å²) in [6.45, 7) is 2.24. The number of amides is 2. The van der Waals surface area contributed by atoms with Crippen LogP contribution in [0.3, 0.4) is 0 Å². The maximum absolute atomic E-state index is 12.0. The van der Waals surface area contributed by atoms with Crippen molar-refractivity contribution >= 4 is 17.9 Å². The topological polar surface area (TPSA) is 118 Å².